The van der Waals surface area contributed by atoms with E-state index < -0.39 is 0 Å². The first-order valence-corrected chi connectivity index (χ1v) is 12.8. The van der Waals surface area contributed by atoms with Crippen LogP contribution in [-0.4, -0.2) is 16.6 Å². The number of nitrogens with zero attached hydrogens (tertiary/aromatic N) is 2. The molecule has 3 nitrogen and oxygen atoms in total. The van der Waals surface area contributed by atoms with Crippen molar-refractivity contribution in [3.05, 3.63) is 42.5 Å². The Kier molecular flexibility index (Phi) is 10.3. The van der Waals surface area contributed by atoms with Crippen molar-refractivity contribution in [2.45, 2.75) is 97.3 Å². The summed E-state index contributed by atoms with van der Waals surface area (Å²) in [6.45, 7) is 5.18. The molecule has 31 heavy (non-hydrogen) atoms. The van der Waals surface area contributed by atoms with Gasteiger partial charge >= 0.3 is 0 Å². The molecule has 1 saturated carbocycles. The Morgan fingerprint density at radius 3 is 2.03 bits per heavy atom. The number of hydrogen-bond donors (Lipinski definition) is 0. The van der Waals surface area contributed by atoms with Crippen molar-refractivity contribution in [2.24, 2.45) is 11.8 Å². The quantitative estimate of drug-likeness (QED) is 0.306. The van der Waals surface area contributed by atoms with Gasteiger partial charge in [0, 0.05) is 24.4 Å². The lowest BCUT2D eigenvalue weighted by molar-refractivity contribution is 0.248. The van der Waals surface area contributed by atoms with E-state index in [1.54, 1.807) is 0 Å². The summed E-state index contributed by atoms with van der Waals surface area (Å²) >= 11 is 0. The van der Waals surface area contributed by atoms with Crippen LogP contribution in [0.2, 0.25) is 0 Å². The first kappa shape index (κ1) is 23.8. The Morgan fingerprint density at radius 2 is 1.39 bits per heavy atom. The van der Waals surface area contributed by atoms with Crippen molar-refractivity contribution in [3.8, 4) is 16.9 Å². The fourth-order valence-electron chi connectivity index (χ4n) is 4.78. The van der Waals surface area contributed by atoms with E-state index in [0.717, 1.165) is 54.0 Å². The van der Waals surface area contributed by atoms with Crippen LogP contribution in [0.5, 0.6) is 5.75 Å². The molecule has 3 rings (SSSR count). The summed E-state index contributed by atoms with van der Waals surface area (Å²) in [4.78, 5) is 9.30. The van der Waals surface area contributed by atoms with Gasteiger partial charge in [-0.3, -0.25) is 0 Å². The van der Waals surface area contributed by atoms with Crippen molar-refractivity contribution in [3.63, 3.8) is 0 Å². The minimum Gasteiger partial charge on any atom is -0.494 e. The molecule has 0 N–H and O–H groups in total. The van der Waals surface area contributed by atoms with Crippen LogP contribution in [0.15, 0.2) is 36.7 Å². The average Bonchev–Trinajstić information content (AvgIpc) is 2.83. The number of aromatic nitrogens is 2. The Bertz CT molecular complexity index is 718. The van der Waals surface area contributed by atoms with E-state index in [2.05, 4.69) is 35.9 Å². The van der Waals surface area contributed by atoms with Crippen molar-refractivity contribution in [1.29, 1.82) is 0 Å². The average molecular weight is 423 g/mol. The largest absolute Gasteiger partial charge is 0.494 e. The Hall–Kier alpha value is -1.90. The highest BCUT2D eigenvalue weighted by molar-refractivity contribution is 5.62. The second-order valence-corrected chi connectivity index (χ2v) is 9.39. The van der Waals surface area contributed by atoms with E-state index in [-0.39, 0.29) is 0 Å². The highest BCUT2D eigenvalue weighted by Gasteiger charge is 2.21. The lowest BCUT2D eigenvalue weighted by Crippen LogP contribution is -2.15. The Labute approximate surface area is 190 Å². The molecular formula is C28H42N2O. The highest BCUT2D eigenvalue weighted by atomic mass is 16.5. The molecular weight excluding hydrogens is 380 g/mol. The number of benzene rings is 1. The topological polar surface area (TPSA) is 35.0 Å². The zero-order valence-corrected chi connectivity index (χ0v) is 19.8. The van der Waals surface area contributed by atoms with E-state index in [0.29, 0.717) is 0 Å². The molecule has 170 valence electrons. The van der Waals surface area contributed by atoms with Gasteiger partial charge in [0.05, 0.1) is 6.61 Å². The normalized spacial score (nSPS) is 18.8. The third-order valence-electron chi connectivity index (χ3n) is 6.82. The Morgan fingerprint density at radius 1 is 0.742 bits per heavy atom. The standard InChI is InChI=1S/C28H42N2O/c1-3-5-6-7-8-9-23-10-12-24(13-11-23)14-19-28-29-21-26(22-30-28)25-15-17-27(18-16-25)31-20-4-2/h15-18,21-24H,3-14,19-20H2,1-2H3/t23-,24-. The summed E-state index contributed by atoms with van der Waals surface area (Å²) < 4.78 is 5.66. The maximum atomic E-state index is 5.66. The monoisotopic (exact) mass is 422 g/mol. The number of ether oxygens (including phenoxy) is 1. The van der Waals surface area contributed by atoms with Crippen LogP contribution in [0.4, 0.5) is 0 Å². The molecule has 0 saturated heterocycles. The zero-order valence-electron chi connectivity index (χ0n) is 19.8. The fourth-order valence-corrected chi connectivity index (χ4v) is 4.78. The molecule has 1 aromatic heterocycles. The highest BCUT2D eigenvalue weighted by Crippen LogP contribution is 2.34. The van der Waals surface area contributed by atoms with E-state index >= 15 is 0 Å². The van der Waals surface area contributed by atoms with Gasteiger partial charge in [0.25, 0.3) is 0 Å². The minimum atomic E-state index is 0.762. The fraction of sp³-hybridized carbons (Fsp3) is 0.643. The molecule has 1 aliphatic carbocycles. The van der Waals surface area contributed by atoms with Gasteiger partial charge in [-0.05, 0) is 42.4 Å². The summed E-state index contributed by atoms with van der Waals surface area (Å²) in [5.74, 6) is 3.78. The predicted molar refractivity (Wildman–Crippen MR) is 130 cm³/mol. The third-order valence-corrected chi connectivity index (χ3v) is 6.82. The van der Waals surface area contributed by atoms with E-state index in [1.165, 1.54) is 70.6 Å². The molecule has 2 aromatic rings. The first-order valence-electron chi connectivity index (χ1n) is 12.8. The summed E-state index contributed by atoms with van der Waals surface area (Å²) in [5, 5.41) is 0. The van der Waals surface area contributed by atoms with Gasteiger partial charge in [-0.2, -0.15) is 0 Å². The van der Waals surface area contributed by atoms with Crippen LogP contribution in [0, 0.1) is 11.8 Å². The molecule has 0 spiro atoms. The molecule has 0 bridgehead atoms. The maximum Gasteiger partial charge on any atom is 0.128 e. The second kappa shape index (κ2) is 13.5. The van der Waals surface area contributed by atoms with E-state index in [9.17, 15) is 0 Å². The SMILES string of the molecule is CCCCCCC[C@H]1CC[C@H](CCc2ncc(-c3ccc(OCCC)cc3)cn2)CC1. The van der Waals surface area contributed by atoms with Gasteiger partial charge in [-0.25, -0.2) is 9.97 Å². The summed E-state index contributed by atoms with van der Waals surface area (Å²) in [5.41, 5.74) is 2.22. The molecule has 0 aliphatic heterocycles. The zero-order chi connectivity index (χ0) is 21.7. The molecule has 0 unspecified atom stereocenters. The van der Waals surface area contributed by atoms with Gasteiger partial charge in [0.1, 0.15) is 11.6 Å². The van der Waals surface area contributed by atoms with E-state index in [4.69, 9.17) is 4.74 Å². The van der Waals surface area contributed by atoms with Crippen molar-refractivity contribution in [1.82, 2.24) is 9.97 Å². The molecule has 0 atom stereocenters. The van der Waals surface area contributed by atoms with E-state index in [1.807, 2.05) is 24.5 Å². The van der Waals surface area contributed by atoms with Crippen LogP contribution in [-0.2, 0) is 6.42 Å². The first-order chi connectivity index (χ1) is 15.3. The Balaban J connectivity index is 1.36. The van der Waals surface area contributed by atoms with Crippen molar-refractivity contribution < 1.29 is 4.74 Å². The summed E-state index contributed by atoms with van der Waals surface area (Å²) in [7, 11) is 0. The summed E-state index contributed by atoms with van der Waals surface area (Å²) in [6.07, 6.45) is 21.5. The lowest BCUT2D eigenvalue weighted by atomic mass is 9.78. The molecule has 0 radical (unpaired) electrons. The van der Waals surface area contributed by atoms with Crippen LogP contribution < -0.4 is 4.74 Å². The van der Waals surface area contributed by atoms with Crippen LogP contribution >= 0.6 is 0 Å². The molecule has 1 aliphatic rings. The maximum absolute atomic E-state index is 5.66. The molecule has 1 fully saturated rings. The number of rotatable bonds is 13. The number of unbranched alkanes of at least 4 members (excludes halogenated alkanes) is 4. The van der Waals surface area contributed by atoms with Crippen molar-refractivity contribution in [2.75, 3.05) is 6.61 Å². The second-order valence-electron chi connectivity index (χ2n) is 9.39. The smallest absolute Gasteiger partial charge is 0.128 e. The van der Waals surface area contributed by atoms with Crippen LogP contribution in [0.25, 0.3) is 11.1 Å². The molecule has 3 heteroatoms. The predicted octanol–water partition coefficient (Wildman–Crippen LogP) is 8.03. The van der Waals surface area contributed by atoms with Gasteiger partial charge in [-0.1, -0.05) is 90.2 Å². The lowest BCUT2D eigenvalue weighted by Gasteiger charge is -2.28. The minimum absolute atomic E-state index is 0.762. The third kappa shape index (κ3) is 8.27. The van der Waals surface area contributed by atoms with Gasteiger partial charge in [-0.15, -0.1) is 0 Å². The number of hydrogen-bond acceptors (Lipinski definition) is 3. The van der Waals surface area contributed by atoms with Gasteiger partial charge < -0.3 is 4.74 Å². The van der Waals surface area contributed by atoms with Crippen molar-refractivity contribution >= 4 is 0 Å². The van der Waals surface area contributed by atoms with Gasteiger partial charge in [0.15, 0.2) is 0 Å². The molecule has 0 amide bonds. The number of aryl methyl sites for hydroxylation is 1. The van der Waals surface area contributed by atoms with Gasteiger partial charge in [0.2, 0.25) is 0 Å². The summed E-state index contributed by atoms with van der Waals surface area (Å²) in [6, 6.07) is 8.23. The van der Waals surface area contributed by atoms with Crippen LogP contribution in [0.3, 0.4) is 0 Å². The molecule has 1 aromatic carbocycles. The van der Waals surface area contributed by atoms with Crippen LogP contribution in [0.1, 0.15) is 96.7 Å². The molecule has 1 heterocycles.